The van der Waals surface area contributed by atoms with Crippen molar-refractivity contribution in [1.29, 1.82) is 0 Å². The highest BCUT2D eigenvalue weighted by Crippen LogP contribution is 2.59. The highest BCUT2D eigenvalue weighted by atomic mass is 16.5. The van der Waals surface area contributed by atoms with Gasteiger partial charge in [0.2, 0.25) is 0 Å². The normalized spacial score (nSPS) is 44.3. The highest BCUT2D eigenvalue weighted by molar-refractivity contribution is 5.95. The minimum atomic E-state index is -0.540. The summed E-state index contributed by atoms with van der Waals surface area (Å²) in [7, 11) is 0. The van der Waals surface area contributed by atoms with E-state index in [1.54, 1.807) is 6.08 Å². The number of aliphatic hydroxyl groups is 1. The third-order valence-electron chi connectivity index (χ3n) is 6.98. The van der Waals surface area contributed by atoms with Gasteiger partial charge in [0.15, 0.2) is 5.78 Å². The quantitative estimate of drug-likeness (QED) is 0.593. The molecule has 1 saturated carbocycles. The molecule has 130 valence electrons. The van der Waals surface area contributed by atoms with E-state index in [1.807, 2.05) is 13.8 Å². The number of aliphatic hydroxyl groups excluding tert-OH is 1. The van der Waals surface area contributed by atoms with Crippen LogP contribution in [-0.2, 0) is 14.3 Å². The molecule has 1 aliphatic heterocycles. The molecule has 1 saturated heterocycles. The molecule has 6 atom stereocenters. The molecule has 1 heterocycles. The Morgan fingerprint density at radius 2 is 2.04 bits per heavy atom. The average Bonchev–Trinajstić information content (AvgIpc) is 2.90. The Bertz CT molecular complexity index is 659. The summed E-state index contributed by atoms with van der Waals surface area (Å²) >= 11 is 0. The summed E-state index contributed by atoms with van der Waals surface area (Å²) in [6.45, 7) is 6.67. The first-order valence-electron chi connectivity index (χ1n) is 9.15. The van der Waals surface area contributed by atoms with Gasteiger partial charge in [0.25, 0.3) is 0 Å². The summed E-state index contributed by atoms with van der Waals surface area (Å²) in [5.74, 6) is 0.131. The Morgan fingerprint density at radius 3 is 2.75 bits per heavy atom. The minimum absolute atomic E-state index is 0.0359. The number of allylic oxidation sites excluding steroid dienone is 2. The van der Waals surface area contributed by atoms with E-state index in [0.717, 1.165) is 18.4 Å². The Kier molecular flexibility index (Phi) is 3.54. The molecule has 0 aromatic carbocycles. The lowest BCUT2D eigenvalue weighted by Gasteiger charge is -2.53. The van der Waals surface area contributed by atoms with Crippen LogP contribution in [0.2, 0.25) is 0 Å². The molecule has 0 radical (unpaired) electrons. The van der Waals surface area contributed by atoms with Crippen LogP contribution >= 0.6 is 0 Å². The zero-order valence-corrected chi connectivity index (χ0v) is 14.6. The number of cyclic esters (lactones) is 1. The van der Waals surface area contributed by atoms with Crippen molar-refractivity contribution in [3.8, 4) is 0 Å². The Balaban J connectivity index is 1.74. The van der Waals surface area contributed by atoms with E-state index >= 15 is 0 Å². The molecule has 24 heavy (non-hydrogen) atoms. The van der Waals surface area contributed by atoms with Gasteiger partial charge >= 0.3 is 5.97 Å². The van der Waals surface area contributed by atoms with Crippen molar-refractivity contribution in [3.05, 3.63) is 23.3 Å². The van der Waals surface area contributed by atoms with Crippen LogP contribution in [0.1, 0.15) is 40.0 Å². The predicted molar refractivity (Wildman–Crippen MR) is 88.9 cm³/mol. The number of carbonyl (C=O) groups is 2. The third kappa shape index (κ3) is 2.01. The zero-order chi connectivity index (χ0) is 17.2. The SMILES string of the molecule is CC(C)C1=CC(=O)[C@@H]2[C@@H](CC=C3[C@H]4COC(=O)[C@H]4CC[C@@]32C)[C@H]1O. The summed E-state index contributed by atoms with van der Waals surface area (Å²) in [5, 5.41) is 10.9. The van der Waals surface area contributed by atoms with Crippen molar-refractivity contribution >= 4 is 11.8 Å². The molecule has 4 aliphatic rings. The second-order valence-electron chi connectivity index (χ2n) is 8.48. The topological polar surface area (TPSA) is 63.6 Å². The number of rotatable bonds is 1. The monoisotopic (exact) mass is 330 g/mol. The molecule has 1 N–H and O–H groups in total. The third-order valence-corrected chi connectivity index (χ3v) is 6.98. The molecule has 0 amide bonds. The summed E-state index contributed by atoms with van der Waals surface area (Å²) < 4.78 is 5.30. The minimum Gasteiger partial charge on any atom is -0.465 e. The number of hydrogen-bond acceptors (Lipinski definition) is 4. The van der Waals surface area contributed by atoms with Crippen LogP contribution < -0.4 is 0 Å². The van der Waals surface area contributed by atoms with Crippen molar-refractivity contribution in [2.75, 3.05) is 6.61 Å². The molecule has 3 aliphatic carbocycles. The van der Waals surface area contributed by atoms with Gasteiger partial charge in [0, 0.05) is 17.8 Å². The second kappa shape index (κ2) is 5.29. The van der Waals surface area contributed by atoms with Crippen LogP contribution in [0.5, 0.6) is 0 Å². The van der Waals surface area contributed by atoms with E-state index in [2.05, 4.69) is 13.0 Å². The standard InChI is InChI=1S/C20H26O4/c1-10(2)13-8-16(21)17-12(18(13)22)4-5-15-14-9-24-19(23)11(14)6-7-20(15,17)3/h5,8,10-12,14,17-18,22H,4,6-7,9H2,1-3H3/t11-,12+,14-,17-,18+,20-/m0/s1. The molecular weight excluding hydrogens is 304 g/mol. The molecule has 0 unspecified atom stereocenters. The van der Waals surface area contributed by atoms with Crippen molar-refractivity contribution < 1.29 is 19.4 Å². The summed E-state index contributed by atoms with van der Waals surface area (Å²) in [5.41, 5.74) is 1.84. The number of esters is 1. The Labute approximate surface area is 143 Å². The lowest BCUT2D eigenvalue weighted by molar-refractivity contribution is -0.141. The molecule has 0 bridgehead atoms. The van der Waals surface area contributed by atoms with Crippen molar-refractivity contribution in [3.63, 3.8) is 0 Å². The predicted octanol–water partition coefficient (Wildman–Crippen LogP) is 2.66. The van der Waals surface area contributed by atoms with Crippen LogP contribution in [0.4, 0.5) is 0 Å². The number of ketones is 1. The second-order valence-corrected chi connectivity index (χ2v) is 8.48. The first-order chi connectivity index (χ1) is 11.3. The number of ether oxygens (including phenoxy) is 1. The molecule has 4 nitrogen and oxygen atoms in total. The molecular formula is C20H26O4. The number of hydrogen-bond donors (Lipinski definition) is 1. The largest absolute Gasteiger partial charge is 0.465 e. The van der Waals surface area contributed by atoms with Gasteiger partial charge in [-0.1, -0.05) is 32.4 Å². The van der Waals surface area contributed by atoms with Gasteiger partial charge < -0.3 is 9.84 Å². The average molecular weight is 330 g/mol. The molecule has 4 heteroatoms. The van der Waals surface area contributed by atoms with Crippen LogP contribution in [0.15, 0.2) is 23.3 Å². The number of fused-ring (bicyclic) bond motifs is 5. The smallest absolute Gasteiger partial charge is 0.309 e. The molecule has 0 aromatic rings. The Morgan fingerprint density at radius 1 is 1.29 bits per heavy atom. The van der Waals surface area contributed by atoms with E-state index < -0.39 is 6.10 Å². The van der Waals surface area contributed by atoms with Crippen LogP contribution in [0.3, 0.4) is 0 Å². The highest BCUT2D eigenvalue weighted by Gasteiger charge is 2.58. The van der Waals surface area contributed by atoms with Gasteiger partial charge in [-0.2, -0.15) is 0 Å². The molecule has 4 rings (SSSR count). The van der Waals surface area contributed by atoms with Crippen LogP contribution in [-0.4, -0.2) is 29.6 Å². The number of carbonyl (C=O) groups excluding carboxylic acids is 2. The lowest BCUT2D eigenvalue weighted by atomic mass is 9.50. The fourth-order valence-corrected chi connectivity index (χ4v) is 5.73. The van der Waals surface area contributed by atoms with Gasteiger partial charge in [-0.3, -0.25) is 9.59 Å². The fraction of sp³-hybridized carbons (Fsp3) is 0.700. The van der Waals surface area contributed by atoms with Crippen molar-refractivity contribution in [2.45, 2.75) is 46.1 Å². The summed E-state index contributed by atoms with van der Waals surface area (Å²) in [6, 6.07) is 0. The van der Waals surface area contributed by atoms with E-state index in [-0.39, 0.29) is 46.8 Å². The van der Waals surface area contributed by atoms with Gasteiger partial charge in [0.1, 0.15) is 0 Å². The summed E-state index contributed by atoms with van der Waals surface area (Å²) in [4.78, 5) is 24.9. The Hall–Kier alpha value is -1.42. The van der Waals surface area contributed by atoms with E-state index in [0.29, 0.717) is 13.0 Å². The van der Waals surface area contributed by atoms with Gasteiger partial charge in [0.05, 0.1) is 18.6 Å². The molecule has 0 spiro atoms. The maximum absolute atomic E-state index is 13.0. The van der Waals surface area contributed by atoms with E-state index in [9.17, 15) is 14.7 Å². The lowest BCUT2D eigenvalue weighted by Crippen LogP contribution is -2.52. The molecule has 2 fully saturated rings. The van der Waals surface area contributed by atoms with E-state index in [1.165, 1.54) is 5.57 Å². The first kappa shape index (κ1) is 16.1. The van der Waals surface area contributed by atoms with Gasteiger partial charge in [-0.05, 0) is 42.2 Å². The molecule has 0 aromatic heterocycles. The maximum Gasteiger partial charge on any atom is 0.309 e. The first-order valence-corrected chi connectivity index (χ1v) is 9.15. The van der Waals surface area contributed by atoms with Crippen molar-refractivity contribution in [2.24, 2.45) is 35.0 Å². The van der Waals surface area contributed by atoms with Gasteiger partial charge in [-0.25, -0.2) is 0 Å². The van der Waals surface area contributed by atoms with Crippen LogP contribution in [0, 0.1) is 35.0 Å². The maximum atomic E-state index is 13.0. The van der Waals surface area contributed by atoms with Crippen molar-refractivity contribution in [1.82, 2.24) is 0 Å². The van der Waals surface area contributed by atoms with E-state index in [4.69, 9.17) is 4.74 Å². The summed E-state index contributed by atoms with van der Waals surface area (Å²) in [6.07, 6.45) is 5.68. The van der Waals surface area contributed by atoms with Gasteiger partial charge in [-0.15, -0.1) is 0 Å². The fourth-order valence-electron chi connectivity index (χ4n) is 5.73. The van der Waals surface area contributed by atoms with Crippen LogP contribution in [0.25, 0.3) is 0 Å². The zero-order valence-electron chi connectivity index (χ0n) is 14.6.